The molecule has 0 aliphatic heterocycles. The SMILES string of the molecule is C.C.C.C.COC(CCc1ccccc1)C(CCC(=O)Nc1ccccc1S(=O)(=O)O)C(C)=O.COC(CCc1ccccc1)CC(C)=O.F. The largest absolute Gasteiger partial charge is 0.381 e. The van der Waals surface area contributed by atoms with Gasteiger partial charge < -0.3 is 14.8 Å². The lowest BCUT2D eigenvalue weighted by Gasteiger charge is -2.24. The highest BCUT2D eigenvalue weighted by Crippen LogP contribution is 2.23. The van der Waals surface area contributed by atoms with E-state index < -0.39 is 21.9 Å². The molecule has 0 radical (unpaired) electrons. The third-order valence-corrected chi connectivity index (χ3v) is 8.31. The van der Waals surface area contributed by atoms with Crippen LogP contribution < -0.4 is 5.32 Å². The second-order valence-electron chi connectivity index (χ2n) is 10.9. The molecule has 0 heterocycles. The van der Waals surface area contributed by atoms with Gasteiger partial charge in [0.1, 0.15) is 16.5 Å². The number of nitrogens with one attached hydrogen (secondary N) is 1. The normalized spacial score (nSPS) is 11.8. The minimum atomic E-state index is -4.46. The summed E-state index contributed by atoms with van der Waals surface area (Å²) in [5.41, 5.74) is 2.43. The molecule has 11 heteroatoms. The summed E-state index contributed by atoms with van der Waals surface area (Å²) < 4.78 is 43.0. The van der Waals surface area contributed by atoms with Crippen LogP contribution in [0.4, 0.5) is 10.4 Å². The Hall–Kier alpha value is -3.77. The second-order valence-corrected chi connectivity index (χ2v) is 12.3. The van der Waals surface area contributed by atoms with Crippen LogP contribution in [0.15, 0.2) is 89.8 Å². The number of carbonyl (C=O) groups excluding carboxylic acids is 3. The average molecular weight is 724 g/mol. The number of benzene rings is 3. The Kier molecular flexibility index (Phi) is 29.7. The van der Waals surface area contributed by atoms with Crippen LogP contribution in [0.2, 0.25) is 0 Å². The smallest absolute Gasteiger partial charge is 0.296 e. The third-order valence-electron chi connectivity index (χ3n) is 7.40. The number of methoxy groups -OCH3 is 2. The van der Waals surface area contributed by atoms with Crippen LogP contribution in [-0.2, 0) is 46.8 Å². The number of para-hydroxylation sites is 1. The van der Waals surface area contributed by atoms with Crippen molar-refractivity contribution in [3.63, 3.8) is 0 Å². The number of hydrogen-bond acceptors (Lipinski definition) is 7. The first-order valence-electron chi connectivity index (χ1n) is 14.9. The molecule has 0 saturated heterocycles. The van der Waals surface area contributed by atoms with E-state index in [0.29, 0.717) is 12.8 Å². The molecule has 2 N–H and O–H groups in total. The lowest BCUT2D eigenvalue weighted by Crippen LogP contribution is -2.30. The summed E-state index contributed by atoms with van der Waals surface area (Å²) in [6, 6.07) is 25.7. The number of halogens is 1. The number of aryl methyl sites for hydroxylation is 2. The van der Waals surface area contributed by atoms with Gasteiger partial charge in [0, 0.05) is 33.0 Å². The van der Waals surface area contributed by atoms with Gasteiger partial charge >= 0.3 is 0 Å². The fourth-order valence-electron chi connectivity index (χ4n) is 4.98. The van der Waals surface area contributed by atoms with Crippen molar-refractivity contribution in [3.05, 3.63) is 96.1 Å². The molecule has 0 aromatic heterocycles. The van der Waals surface area contributed by atoms with Crippen molar-refractivity contribution in [2.75, 3.05) is 19.5 Å². The Bertz CT molecular complexity index is 1450. The van der Waals surface area contributed by atoms with Gasteiger partial charge in [-0.25, -0.2) is 0 Å². The molecule has 3 rings (SSSR count). The van der Waals surface area contributed by atoms with Crippen molar-refractivity contribution in [2.45, 2.75) is 106 Å². The van der Waals surface area contributed by atoms with E-state index in [1.807, 2.05) is 48.5 Å². The van der Waals surface area contributed by atoms with Crippen molar-refractivity contribution < 1.29 is 41.5 Å². The Morgan fingerprint density at radius 3 is 1.64 bits per heavy atom. The summed E-state index contributed by atoms with van der Waals surface area (Å²) >= 11 is 0. The van der Waals surface area contributed by atoms with Crippen LogP contribution in [-0.4, -0.2) is 56.9 Å². The monoisotopic (exact) mass is 723 g/mol. The molecule has 9 nitrogen and oxygen atoms in total. The van der Waals surface area contributed by atoms with E-state index in [-0.39, 0.29) is 81.6 Å². The Balaban J connectivity index is -0.000000455. The highest BCUT2D eigenvalue weighted by Gasteiger charge is 2.26. The standard InChI is InChI=1S/C22H27NO6S.C13H18O2.4CH4.FH/c1-16(24)18(20(29-2)14-12-17-8-4-3-5-9-17)13-15-22(25)23-19-10-6-7-11-21(19)30(26,27)28;1-11(14)10-13(15-2)9-8-12-6-4-3-5-7-12;;;;;/h3-11,18,20H,12-15H2,1-2H3,(H,23,25)(H,26,27,28);3-7,13H,8-10H2,1-2H3;4*1H4;1H. The van der Waals surface area contributed by atoms with Crippen molar-refractivity contribution >= 4 is 33.3 Å². The van der Waals surface area contributed by atoms with Gasteiger partial charge in [-0.3, -0.25) is 23.6 Å². The minimum Gasteiger partial charge on any atom is -0.381 e. The molecular weight excluding hydrogens is 661 g/mol. The summed E-state index contributed by atoms with van der Waals surface area (Å²) in [6.45, 7) is 3.08. The lowest BCUT2D eigenvalue weighted by atomic mass is 9.89. The molecule has 0 fully saturated rings. The summed E-state index contributed by atoms with van der Waals surface area (Å²) in [7, 11) is -1.25. The molecule has 3 unspecified atom stereocenters. The minimum absolute atomic E-state index is 0. The molecular formula is C39H62FNO8S. The number of anilines is 1. The average Bonchev–Trinajstić information content (AvgIpc) is 3.01. The van der Waals surface area contributed by atoms with E-state index >= 15 is 0 Å². The van der Waals surface area contributed by atoms with E-state index in [9.17, 15) is 27.4 Å². The van der Waals surface area contributed by atoms with Crippen molar-refractivity contribution in [1.82, 2.24) is 0 Å². The zero-order chi connectivity index (χ0) is 33.2. The first kappa shape index (κ1) is 53.0. The number of hydrogen-bond donors (Lipinski definition) is 2. The summed E-state index contributed by atoms with van der Waals surface area (Å²) in [6.07, 6.45) is 3.77. The van der Waals surface area contributed by atoms with Gasteiger partial charge in [0.2, 0.25) is 5.91 Å². The van der Waals surface area contributed by atoms with Crippen LogP contribution in [0.5, 0.6) is 0 Å². The first-order valence-corrected chi connectivity index (χ1v) is 16.4. The number of ether oxygens (including phenoxy) is 2. The molecule has 284 valence electrons. The van der Waals surface area contributed by atoms with Gasteiger partial charge in [-0.05, 0) is 69.2 Å². The molecule has 3 aromatic rings. The molecule has 0 saturated carbocycles. The topological polar surface area (TPSA) is 136 Å². The molecule has 0 bridgehead atoms. The Labute approximate surface area is 301 Å². The van der Waals surface area contributed by atoms with Crippen LogP contribution >= 0.6 is 0 Å². The Morgan fingerprint density at radius 1 is 0.720 bits per heavy atom. The van der Waals surface area contributed by atoms with Crippen LogP contribution in [0.25, 0.3) is 0 Å². The predicted octanol–water partition coefficient (Wildman–Crippen LogP) is 8.82. The van der Waals surface area contributed by atoms with Gasteiger partial charge in [0.15, 0.2) is 0 Å². The Morgan fingerprint density at radius 2 is 1.20 bits per heavy atom. The van der Waals surface area contributed by atoms with Gasteiger partial charge in [0.05, 0.1) is 17.9 Å². The fourth-order valence-corrected chi connectivity index (χ4v) is 5.63. The molecule has 3 atom stereocenters. The number of rotatable bonds is 17. The molecule has 0 aliphatic carbocycles. The summed E-state index contributed by atoms with van der Waals surface area (Å²) in [4.78, 5) is 35.1. The molecule has 0 aliphatic rings. The van der Waals surface area contributed by atoms with E-state index in [1.165, 1.54) is 30.7 Å². The first-order chi connectivity index (χ1) is 21.4. The predicted molar refractivity (Wildman–Crippen MR) is 204 cm³/mol. The molecule has 50 heavy (non-hydrogen) atoms. The maximum absolute atomic E-state index is 12.4. The van der Waals surface area contributed by atoms with E-state index in [2.05, 4.69) is 17.4 Å². The van der Waals surface area contributed by atoms with E-state index in [1.54, 1.807) is 27.2 Å². The van der Waals surface area contributed by atoms with Crippen LogP contribution in [0.3, 0.4) is 0 Å². The quantitative estimate of drug-likeness (QED) is 0.132. The van der Waals surface area contributed by atoms with Gasteiger partial charge in [-0.2, -0.15) is 8.42 Å². The molecule has 1 amide bonds. The van der Waals surface area contributed by atoms with E-state index in [0.717, 1.165) is 24.8 Å². The number of Topliss-reactive ketones (excluding diaryl/α,β-unsaturated/α-hetero) is 2. The van der Waals surface area contributed by atoms with Gasteiger partial charge in [-0.15, -0.1) is 0 Å². The molecule has 0 spiro atoms. The summed E-state index contributed by atoms with van der Waals surface area (Å²) in [5, 5.41) is 2.50. The highest BCUT2D eigenvalue weighted by molar-refractivity contribution is 7.86. The van der Waals surface area contributed by atoms with Crippen molar-refractivity contribution in [1.29, 1.82) is 0 Å². The maximum atomic E-state index is 12.4. The summed E-state index contributed by atoms with van der Waals surface area (Å²) in [5.74, 6) is -0.785. The van der Waals surface area contributed by atoms with Crippen molar-refractivity contribution in [3.8, 4) is 0 Å². The van der Waals surface area contributed by atoms with E-state index in [4.69, 9.17) is 9.47 Å². The van der Waals surface area contributed by atoms with Crippen LogP contribution in [0, 0.1) is 5.92 Å². The zero-order valence-electron chi connectivity index (χ0n) is 26.9. The lowest BCUT2D eigenvalue weighted by molar-refractivity contribution is -0.126. The number of amides is 1. The zero-order valence-corrected chi connectivity index (χ0v) is 27.7. The number of carbonyl (C=O) groups is 3. The van der Waals surface area contributed by atoms with Gasteiger partial charge in [-0.1, -0.05) is 103 Å². The van der Waals surface area contributed by atoms with Crippen LogP contribution in [0.1, 0.15) is 86.8 Å². The fraction of sp³-hybridized carbons (Fsp3) is 0.462. The highest BCUT2D eigenvalue weighted by atomic mass is 32.2. The maximum Gasteiger partial charge on any atom is 0.296 e. The molecule has 3 aromatic carbocycles. The second kappa shape index (κ2) is 28.0. The van der Waals surface area contributed by atoms with Gasteiger partial charge in [0.25, 0.3) is 10.1 Å². The van der Waals surface area contributed by atoms with Crippen molar-refractivity contribution in [2.24, 2.45) is 5.92 Å². The third kappa shape index (κ3) is 20.0. The number of ketones is 2.